The number of benzene rings is 1. The van der Waals surface area contributed by atoms with Crippen molar-refractivity contribution in [2.45, 2.75) is 6.92 Å². The van der Waals surface area contributed by atoms with Crippen LogP contribution in [0.15, 0.2) is 41.8 Å². The molecule has 0 bridgehead atoms. The second-order valence-electron chi connectivity index (χ2n) is 4.25. The first kappa shape index (κ1) is 14.9. The van der Waals surface area contributed by atoms with E-state index in [-0.39, 0.29) is 0 Å². The second kappa shape index (κ2) is 6.81. The molecular formula is C15H13NO4S. The van der Waals surface area contributed by atoms with E-state index < -0.39 is 24.4 Å². The van der Waals surface area contributed by atoms with Crippen molar-refractivity contribution in [2.24, 2.45) is 0 Å². The molecule has 1 heterocycles. The number of aryl methyl sites for hydroxylation is 1. The smallest absolute Gasteiger partial charge is 0.338 e. The fourth-order valence-corrected chi connectivity index (χ4v) is 2.26. The van der Waals surface area contributed by atoms with Crippen LogP contribution < -0.4 is 5.32 Å². The summed E-state index contributed by atoms with van der Waals surface area (Å²) in [4.78, 5) is 35.4. The Labute approximate surface area is 125 Å². The number of thiophene rings is 1. The van der Waals surface area contributed by atoms with E-state index in [0.29, 0.717) is 10.4 Å². The first-order chi connectivity index (χ1) is 10.1. The van der Waals surface area contributed by atoms with E-state index in [0.717, 1.165) is 5.56 Å². The Morgan fingerprint density at radius 2 is 1.90 bits per heavy atom. The molecule has 1 aromatic heterocycles. The zero-order chi connectivity index (χ0) is 15.2. The Balaban J connectivity index is 1.86. The van der Waals surface area contributed by atoms with Crippen LogP contribution in [-0.4, -0.2) is 24.4 Å². The molecule has 0 spiro atoms. The van der Waals surface area contributed by atoms with Gasteiger partial charge in [-0.15, -0.1) is 11.3 Å². The van der Waals surface area contributed by atoms with E-state index in [1.54, 1.807) is 48.7 Å². The Bertz CT molecular complexity index is 664. The SMILES string of the molecule is Cc1ccccc1C(=O)OCC(=O)NC(=O)c1cccs1. The number of hydrogen-bond acceptors (Lipinski definition) is 5. The number of nitrogens with one attached hydrogen (secondary N) is 1. The predicted octanol–water partition coefficient (Wildman–Crippen LogP) is 2.17. The van der Waals surface area contributed by atoms with Gasteiger partial charge in [0.1, 0.15) is 0 Å². The number of ether oxygens (including phenoxy) is 1. The Morgan fingerprint density at radius 3 is 2.57 bits per heavy atom. The molecule has 0 atom stereocenters. The summed E-state index contributed by atoms with van der Waals surface area (Å²) in [6, 6.07) is 10.2. The van der Waals surface area contributed by atoms with Crippen LogP contribution in [0.1, 0.15) is 25.6 Å². The Hall–Kier alpha value is -2.47. The maximum Gasteiger partial charge on any atom is 0.338 e. The molecule has 0 saturated carbocycles. The third-order valence-corrected chi connectivity index (χ3v) is 3.57. The lowest BCUT2D eigenvalue weighted by molar-refractivity contribution is -0.123. The minimum Gasteiger partial charge on any atom is -0.452 e. The van der Waals surface area contributed by atoms with Crippen molar-refractivity contribution in [1.82, 2.24) is 5.32 Å². The molecule has 2 amide bonds. The van der Waals surface area contributed by atoms with Crippen molar-refractivity contribution >= 4 is 29.1 Å². The van der Waals surface area contributed by atoms with E-state index in [2.05, 4.69) is 5.32 Å². The molecule has 21 heavy (non-hydrogen) atoms. The summed E-state index contributed by atoms with van der Waals surface area (Å²) in [5.41, 5.74) is 1.16. The third kappa shape index (κ3) is 4.00. The summed E-state index contributed by atoms with van der Waals surface area (Å²) in [5.74, 6) is -1.75. The van der Waals surface area contributed by atoms with Gasteiger partial charge in [0.2, 0.25) is 0 Å². The van der Waals surface area contributed by atoms with Gasteiger partial charge in [-0.25, -0.2) is 4.79 Å². The molecule has 6 heteroatoms. The average molecular weight is 303 g/mol. The van der Waals surface area contributed by atoms with Gasteiger partial charge in [-0.05, 0) is 30.0 Å². The number of esters is 1. The zero-order valence-electron chi connectivity index (χ0n) is 11.3. The Kier molecular flexibility index (Phi) is 4.84. The standard InChI is InChI=1S/C15H13NO4S/c1-10-5-2-3-6-11(10)15(19)20-9-13(17)16-14(18)12-7-4-8-21-12/h2-8H,9H2,1H3,(H,16,17,18). The van der Waals surface area contributed by atoms with Gasteiger partial charge in [-0.3, -0.25) is 14.9 Å². The van der Waals surface area contributed by atoms with Gasteiger partial charge in [-0.1, -0.05) is 24.3 Å². The Morgan fingerprint density at radius 1 is 1.14 bits per heavy atom. The van der Waals surface area contributed by atoms with Crippen molar-refractivity contribution in [3.05, 3.63) is 57.8 Å². The highest BCUT2D eigenvalue weighted by molar-refractivity contribution is 7.12. The van der Waals surface area contributed by atoms with Gasteiger partial charge in [-0.2, -0.15) is 0 Å². The minimum absolute atomic E-state index is 0.398. The van der Waals surface area contributed by atoms with Crippen LogP contribution >= 0.6 is 11.3 Å². The third-order valence-electron chi connectivity index (χ3n) is 2.70. The zero-order valence-corrected chi connectivity index (χ0v) is 12.1. The molecule has 1 aromatic carbocycles. The highest BCUT2D eigenvalue weighted by Gasteiger charge is 2.15. The van der Waals surface area contributed by atoms with E-state index in [1.165, 1.54) is 11.3 Å². The highest BCUT2D eigenvalue weighted by atomic mass is 32.1. The number of carbonyl (C=O) groups is 3. The van der Waals surface area contributed by atoms with Crippen molar-refractivity contribution in [3.63, 3.8) is 0 Å². The number of hydrogen-bond donors (Lipinski definition) is 1. The molecule has 0 aliphatic rings. The molecule has 0 radical (unpaired) electrons. The second-order valence-corrected chi connectivity index (χ2v) is 5.19. The fourth-order valence-electron chi connectivity index (χ4n) is 1.64. The number of rotatable bonds is 4. The van der Waals surface area contributed by atoms with Gasteiger partial charge < -0.3 is 4.74 Å². The summed E-state index contributed by atoms with van der Waals surface area (Å²) >= 11 is 1.22. The summed E-state index contributed by atoms with van der Waals surface area (Å²) in [5, 5.41) is 3.89. The first-order valence-electron chi connectivity index (χ1n) is 6.18. The van der Waals surface area contributed by atoms with Crippen LogP contribution in [0.5, 0.6) is 0 Å². The van der Waals surface area contributed by atoms with Crippen molar-refractivity contribution in [2.75, 3.05) is 6.61 Å². The monoisotopic (exact) mass is 303 g/mol. The summed E-state index contributed by atoms with van der Waals surface area (Å²) in [6.07, 6.45) is 0. The number of imide groups is 1. The average Bonchev–Trinajstić information content (AvgIpc) is 2.99. The van der Waals surface area contributed by atoms with Gasteiger partial charge in [0.15, 0.2) is 6.61 Å². The van der Waals surface area contributed by atoms with Gasteiger partial charge in [0.05, 0.1) is 10.4 Å². The molecule has 5 nitrogen and oxygen atoms in total. The minimum atomic E-state index is -0.657. The number of amides is 2. The highest BCUT2D eigenvalue weighted by Crippen LogP contribution is 2.09. The van der Waals surface area contributed by atoms with Crippen LogP contribution in [0.25, 0.3) is 0 Å². The lowest BCUT2D eigenvalue weighted by atomic mass is 10.1. The largest absolute Gasteiger partial charge is 0.452 e. The van der Waals surface area contributed by atoms with Gasteiger partial charge >= 0.3 is 5.97 Å². The van der Waals surface area contributed by atoms with Crippen LogP contribution in [0.3, 0.4) is 0 Å². The van der Waals surface area contributed by atoms with Gasteiger partial charge in [0, 0.05) is 0 Å². The molecule has 0 saturated heterocycles. The predicted molar refractivity (Wildman–Crippen MR) is 78.3 cm³/mol. The quantitative estimate of drug-likeness (QED) is 0.879. The first-order valence-corrected chi connectivity index (χ1v) is 7.06. The summed E-state index contributed by atoms with van der Waals surface area (Å²) < 4.78 is 4.89. The lowest BCUT2D eigenvalue weighted by Crippen LogP contribution is -2.33. The number of carbonyl (C=O) groups excluding carboxylic acids is 3. The molecule has 108 valence electrons. The molecule has 2 aromatic rings. The van der Waals surface area contributed by atoms with Crippen molar-refractivity contribution < 1.29 is 19.1 Å². The normalized spacial score (nSPS) is 9.95. The molecular weight excluding hydrogens is 290 g/mol. The molecule has 0 fully saturated rings. The van der Waals surface area contributed by atoms with Crippen molar-refractivity contribution in [3.8, 4) is 0 Å². The maximum atomic E-state index is 11.8. The lowest BCUT2D eigenvalue weighted by Gasteiger charge is -2.06. The maximum absolute atomic E-state index is 11.8. The molecule has 0 unspecified atom stereocenters. The van der Waals surface area contributed by atoms with E-state index in [9.17, 15) is 14.4 Å². The van der Waals surface area contributed by atoms with Crippen molar-refractivity contribution in [1.29, 1.82) is 0 Å². The molecule has 0 aliphatic carbocycles. The van der Waals surface area contributed by atoms with E-state index in [1.807, 2.05) is 0 Å². The van der Waals surface area contributed by atoms with Crippen LogP contribution in [0.2, 0.25) is 0 Å². The van der Waals surface area contributed by atoms with Crippen LogP contribution in [0, 0.1) is 6.92 Å². The van der Waals surface area contributed by atoms with E-state index >= 15 is 0 Å². The van der Waals surface area contributed by atoms with E-state index in [4.69, 9.17) is 4.74 Å². The molecule has 0 aliphatic heterocycles. The van der Waals surface area contributed by atoms with Crippen LogP contribution in [-0.2, 0) is 9.53 Å². The van der Waals surface area contributed by atoms with Gasteiger partial charge in [0.25, 0.3) is 11.8 Å². The topological polar surface area (TPSA) is 72.5 Å². The summed E-state index contributed by atoms with van der Waals surface area (Å²) in [6.45, 7) is 1.28. The fraction of sp³-hybridized carbons (Fsp3) is 0.133. The molecule has 2 rings (SSSR count). The summed E-state index contributed by atoms with van der Waals surface area (Å²) in [7, 11) is 0. The molecule has 1 N–H and O–H groups in total. The van der Waals surface area contributed by atoms with Crippen LogP contribution in [0.4, 0.5) is 0 Å².